The zero-order valence-corrected chi connectivity index (χ0v) is 34.2. The molecule has 2 aliphatic heterocycles. The van der Waals surface area contributed by atoms with Gasteiger partial charge < -0.3 is 24.8 Å². The Morgan fingerprint density at radius 1 is 1.10 bits per heavy atom. The van der Waals surface area contributed by atoms with E-state index in [0.29, 0.717) is 50.3 Å². The normalized spacial score (nSPS) is 28.9. The van der Waals surface area contributed by atoms with Crippen molar-refractivity contribution < 1.29 is 55.3 Å². The van der Waals surface area contributed by atoms with Crippen LogP contribution in [0.2, 0.25) is 0 Å². The van der Waals surface area contributed by atoms with Crippen molar-refractivity contribution in [1.29, 1.82) is 0 Å². The van der Waals surface area contributed by atoms with Gasteiger partial charge >= 0.3 is 12.3 Å². The van der Waals surface area contributed by atoms with Gasteiger partial charge in [-0.15, -0.1) is 10.2 Å². The molecule has 3 fully saturated rings. The largest absolute Gasteiger partial charge is 0.479 e. The van der Waals surface area contributed by atoms with Crippen LogP contribution in [0.4, 0.5) is 18.0 Å². The number of amides is 4. The molecule has 15 nitrogen and oxygen atoms in total. The van der Waals surface area contributed by atoms with Crippen molar-refractivity contribution in [3.05, 3.63) is 36.4 Å². The number of hydrogen-bond donors (Lipinski definition) is 3. The van der Waals surface area contributed by atoms with Crippen LogP contribution in [-0.4, -0.2) is 111 Å². The molecule has 4 aliphatic rings. The minimum atomic E-state index is -5.10. The van der Waals surface area contributed by atoms with Gasteiger partial charge in [-0.05, 0) is 83.3 Å². The number of halogens is 3. The average Bonchev–Trinajstić information content (AvgIpc) is 4.03. The number of nitrogens with zero attached hydrogens (tertiary/aromatic N) is 4. The topological polar surface area (TPSA) is 197 Å². The van der Waals surface area contributed by atoms with Crippen LogP contribution in [0, 0.1) is 17.8 Å². The van der Waals surface area contributed by atoms with E-state index in [1.807, 2.05) is 13.0 Å². The fourth-order valence-corrected chi connectivity index (χ4v) is 9.53. The van der Waals surface area contributed by atoms with Gasteiger partial charge in [0.1, 0.15) is 29.3 Å². The number of ether oxygens (including phenoxy) is 2. The van der Waals surface area contributed by atoms with E-state index in [0.717, 1.165) is 4.90 Å². The molecule has 0 spiro atoms. The number of rotatable bonds is 9. The zero-order chi connectivity index (χ0) is 42.6. The van der Waals surface area contributed by atoms with E-state index in [2.05, 4.69) is 20.2 Å². The first-order chi connectivity index (χ1) is 27.1. The lowest BCUT2D eigenvalue weighted by Crippen LogP contribution is -2.66. The van der Waals surface area contributed by atoms with Gasteiger partial charge in [-0.1, -0.05) is 44.6 Å². The third-order valence-corrected chi connectivity index (χ3v) is 14.6. The highest BCUT2D eigenvalue weighted by Crippen LogP contribution is 2.48. The molecular formula is C39H51F3N6O9S. The molecule has 58 heavy (non-hydrogen) atoms. The molecular weight excluding hydrogens is 786 g/mol. The van der Waals surface area contributed by atoms with Crippen LogP contribution >= 0.6 is 0 Å². The third kappa shape index (κ3) is 7.89. The van der Waals surface area contributed by atoms with Gasteiger partial charge in [0, 0.05) is 12.3 Å². The van der Waals surface area contributed by atoms with E-state index in [1.165, 1.54) is 14.0 Å². The van der Waals surface area contributed by atoms with E-state index in [4.69, 9.17) is 9.47 Å². The number of carboxylic acid groups (broad SMARTS) is 1. The summed E-state index contributed by atoms with van der Waals surface area (Å²) in [5, 5.41) is 22.5. The summed E-state index contributed by atoms with van der Waals surface area (Å²) in [5.41, 5.74) is -4.76. The molecule has 7 atom stereocenters. The molecule has 2 saturated carbocycles. The Morgan fingerprint density at radius 2 is 1.74 bits per heavy atom. The molecule has 0 bridgehead atoms. The molecule has 0 unspecified atom stereocenters. The van der Waals surface area contributed by atoms with Gasteiger partial charge in [0.25, 0.3) is 5.91 Å². The highest BCUT2D eigenvalue weighted by molar-refractivity contribution is 7.91. The predicted octanol–water partition coefficient (Wildman–Crippen LogP) is 4.95. The fraction of sp³-hybridized carbons (Fsp3) is 0.641. The standard InChI is InChI=1S/C39H51F3N6O9S/c1-7-23-18-22(2)12-8-9-13-24-20-38(24,34(51)46-58(54,55)37(5)16-17-37)43-30(49)28-19-25(57-32-27-15-11-10-14-26(27)31(56-6)44-45-32)21-47(28)33(50)29(23)48(35(52)53)36(3,4)39(40,41)42/h9-11,13-15,22-25,28-29H,7-8,12,16-21H2,1-6H3,(H,43,49)(H,46,51)(H,52,53)/t22-,23-,24-,25-,28+,29+,38-/m1/s1. The van der Waals surface area contributed by atoms with Crippen LogP contribution in [-0.2, 0) is 24.4 Å². The first kappa shape index (κ1) is 42.9. The Balaban J connectivity index is 1.44. The Labute approximate surface area is 335 Å². The van der Waals surface area contributed by atoms with E-state index in [1.54, 1.807) is 37.3 Å². The fourth-order valence-electron chi connectivity index (χ4n) is 8.22. The number of carbonyl (C=O) groups is 4. The van der Waals surface area contributed by atoms with E-state index in [9.17, 15) is 41.1 Å². The minimum Gasteiger partial charge on any atom is -0.479 e. The van der Waals surface area contributed by atoms with Gasteiger partial charge in [-0.3, -0.25) is 24.0 Å². The number of allylic oxidation sites excluding steroid dienone is 1. The second kappa shape index (κ2) is 15.5. The first-order valence-corrected chi connectivity index (χ1v) is 21.0. The number of methoxy groups -OCH3 is 1. The Hall–Kier alpha value is -4.68. The van der Waals surface area contributed by atoms with Crippen molar-refractivity contribution in [1.82, 2.24) is 30.0 Å². The summed E-state index contributed by atoms with van der Waals surface area (Å²) in [5.74, 6) is -4.37. The monoisotopic (exact) mass is 836 g/mol. The lowest BCUT2D eigenvalue weighted by atomic mass is 9.82. The van der Waals surface area contributed by atoms with Gasteiger partial charge in [-0.2, -0.15) is 13.2 Å². The van der Waals surface area contributed by atoms with E-state index >= 15 is 4.79 Å². The minimum absolute atomic E-state index is 0.0150. The Bertz CT molecular complexity index is 2100. The molecule has 2 aromatic rings. The van der Waals surface area contributed by atoms with Crippen molar-refractivity contribution in [3.63, 3.8) is 0 Å². The Kier molecular flexibility index (Phi) is 11.5. The predicted molar refractivity (Wildman–Crippen MR) is 204 cm³/mol. The summed E-state index contributed by atoms with van der Waals surface area (Å²) in [6.07, 6.45) is -2.75. The molecule has 19 heteroatoms. The van der Waals surface area contributed by atoms with E-state index < -0.39 is 85.9 Å². The van der Waals surface area contributed by atoms with Crippen LogP contribution in [0.25, 0.3) is 10.8 Å². The number of carbonyl (C=O) groups excluding carboxylic acids is 3. The molecule has 1 aromatic carbocycles. The molecule has 318 valence electrons. The third-order valence-electron chi connectivity index (χ3n) is 12.4. The lowest BCUT2D eigenvalue weighted by molar-refractivity contribution is -0.222. The van der Waals surface area contributed by atoms with Crippen LogP contribution < -0.4 is 19.5 Å². The average molecular weight is 837 g/mol. The van der Waals surface area contributed by atoms with Gasteiger partial charge in [0.05, 0.1) is 29.2 Å². The molecule has 1 aromatic heterocycles. The number of aromatic nitrogens is 2. The lowest BCUT2D eigenvalue weighted by Gasteiger charge is -2.46. The molecule has 1 saturated heterocycles. The summed E-state index contributed by atoms with van der Waals surface area (Å²) in [7, 11) is -2.71. The number of sulfonamides is 1. The Morgan fingerprint density at radius 3 is 2.33 bits per heavy atom. The number of nitrogens with one attached hydrogen (secondary N) is 2. The van der Waals surface area contributed by atoms with Crippen molar-refractivity contribution in [2.24, 2.45) is 17.8 Å². The quantitative estimate of drug-likeness (QED) is 0.289. The number of hydrogen-bond acceptors (Lipinski definition) is 10. The molecule has 3 heterocycles. The van der Waals surface area contributed by atoms with Gasteiger partial charge in [-0.25, -0.2) is 13.2 Å². The molecule has 2 aliphatic carbocycles. The van der Waals surface area contributed by atoms with Crippen molar-refractivity contribution in [3.8, 4) is 11.8 Å². The highest BCUT2D eigenvalue weighted by atomic mass is 32.2. The first-order valence-electron chi connectivity index (χ1n) is 19.5. The van der Waals surface area contributed by atoms with Gasteiger partial charge in [0.15, 0.2) is 0 Å². The van der Waals surface area contributed by atoms with Crippen LogP contribution in [0.5, 0.6) is 11.8 Å². The van der Waals surface area contributed by atoms with Crippen LogP contribution in [0.3, 0.4) is 0 Å². The molecule has 3 N–H and O–H groups in total. The van der Waals surface area contributed by atoms with Crippen LogP contribution in [0.15, 0.2) is 36.4 Å². The second-order valence-corrected chi connectivity index (χ2v) is 19.1. The summed E-state index contributed by atoms with van der Waals surface area (Å²) >= 11 is 0. The SMILES string of the molecule is CC[C@@H]1C[C@H](C)CCC=C[C@@H]2C[C@@]2(C(=O)NS(=O)(=O)C2(C)CC2)NC(=O)[C@@H]2C[C@@H](Oc3nnc(OC)c4ccccc34)CN2C(=O)[C@H]1N(C(=O)O)C(C)(C)C(F)(F)F. The molecule has 4 amide bonds. The maximum Gasteiger partial charge on any atom is 0.411 e. The number of fused-ring (bicyclic) bond motifs is 3. The number of alkyl halides is 3. The maximum absolute atomic E-state index is 15.1. The summed E-state index contributed by atoms with van der Waals surface area (Å²) < 4.78 is 83.4. The van der Waals surface area contributed by atoms with Crippen molar-refractivity contribution in [2.45, 2.75) is 126 Å². The summed E-state index contributed by atoms with van der Waals surface area (Å²) in [4.78, 5) is 57.9. The zero-order valence-electron chi connectivity index (χ0n) is 33.3. The molecule has 0 radical (unpaired) electrons. The smallest absolute Gasteiger partial charge is 0.411 e. The van der Waals surface area contributed by atoms with Crippen molar-refractivity contribution in [2.75, 3.05) is 13.7 Å². The van der Waals surface area contributed by atoms with Crippen LogP contribution in [0.1, 0.15) is 86.0 Å². The van der Waals surface area contributed by atoms with Gasteiger partial charge in [0.2, 0.25) is 33.6 Å². The summed E-state index contributed by atoms with van der Waals surface area (Å²) in [6.45, 7) is 6.07. The summed E-state index contributed by atoms with van der Waals surface area (Å²) in [6, 6.07) is 3.50. The highest BCUT2D eigenvalue weighted by Gasteiger charge is 2.64. The number of benzene rings is 1. The van der Waals surface area contributed by atoms with Crippen molar-refractivity contribution >= 4 is 44.6 Å². The van der Waals surface area contributed by atoms with E-state index in [-0.39, 0.29) is 54.8 Å². The maximum atomic E-state index is 15.1. The second-order valence-electron chi connectivity index (χ2n) is 16.9. The molecule has 6 rings (SSSR count).